The third-order valence-corrected chi connectivity index (χ3v) is 3.90. The molecule has 2 aromatic rings. The number of primary amides is 1. The molecule has 2 aromatic carbocycles. The van der Waals surface area contributed by atoms with Crippen molar-refractivity contribution in [3.8, 4) is 0 Å². The van der Waals surface area contributed by atoms with Gasteiger partial charge in [0.25, 0.3) is 5.91 Å². The van der Waals surface area contributed by atoms with E-state index in [1.54, 1.807) is 60.7 Å². The van der Waals surface area contributed by atoms with Crippen LogP contribution >= 0.6 is 0 Å². The number of aliphatic hydroxyl groups excluding tert-OH is 1. The molecule has 0 radical (unpaired) electrons. The van der Waals surface area contributed by atoms with Crippen molar-refractivity contribution in [2.45, 2.75) is 31.1 Å². The zero-order valence-corrected chi connectivity index (χ0v) is 14.3. The lowest BCUT2D eigenvalue weighted by Gasteiger charge is -2.28. The second-order valence-corrected chi connectivity index (χ2v) is 5.93. The second-order valence-electron chi connectivity index (χ2n) is 5.93. The molecule has 0 aliphatic heterocycles. The maximum absolute atomic E-state index is 13.9. The SMILES string of the molecule is NC(=O)C(F)(F)C(O)C(Cc1ccccc1)NC(=O)OCc1ccccc1. The number of nitrogens with two attached hydrogens (primary N) is 1. The number of hydrogen-bond donors (Lipinski definition) is 3. The van der Waals surface area contributed by atoms with Gasteiger partial charge in [-0.1, -0.05) is 60.7 Å². The van der Waals surface area contributed by atoms with Gasteiger partial charge in [0.1, 0.15) is 12.7 Å². The zero-order chi connectivity index (χ0) is 19.9. The number of halogens is 2. The van der Waals surface area contributed by atoms with Gasteiger partial charge in [-0.3, -0.25) is 4.79 Å². The van der Waals surface area contributed by atoms with Crippen molar-refractivity contribution in [2.24, 2.45) is 5.73 Å². The van der Waals surface area contributed by atoms with Crippen LogP contribution in [0.4, 0.5) is 13.6 Å². The van der Waals surface area contributed by atoms with E-state index in [1.165, 1.54) is 0 Å². The Bertz CT molecular complexity index is 757. The van der Waals surface area contributed by atoms with Crippen LogP contribution in [0.15, 0.2) is 60.7 Å². The fourth-order valence-electron chi connectivity index (χ4n) is 2.42. The van der Waals surface area contributed by atoms with E-state index in [4.69, 9.17) is 4.74 Å². The molecule has 0 saturated heterocycles. The van der Waals surface area contributed by atoms with Gasteiger partial charge in [0.05, 0.1) is 6.04 Å². The highest BCUT2D eigenvalue weighted by molar-refractivity contribution is 5.82. The number of aliphatic hydroxyl groups is 1. The average Bonchev–Trinajstić information content (AvgIpc) is 2.66. The number of hydrogen-bond acceptors (Lipinski definition) is 4. The molecule has 144 valence electrons. The molecule has 6 nitrogen and oxygen atoms in total. The number of carbonyl (C=O) groups is 2. The summed E-state index contributed by atoms with van der Waals surface area (Å²) in [5.74, 6) is -6.20. The summed E-state index contributed by atoms with van der Waals surface area (Å²) in [4.78, 5) is 23.0. The molecule has 0 aliphatic rings. The van der Waals surface area contributed by atoms with Crippen LogP contribution in [0.25, 0.3) is 0 Å². The first kappa shape index (κ1) is 20.3. The summed E-state index contributed by atoms with van der Waals surface area (Å²) in [6.45, 7) is -0.0764. The molecule has 2 amide bonds. The molecule has 0 spiro atoms. The molecule has 8 heteroatoms. The predicted octanol–water partition coefficient (Wildman–Crippen LogP) is 2.01. The second kappa shape index (κ2) is 9.09. The Morgan fingerprint density at radius 2 is 1.56 bits per heavy atom. The molecular formula is C19H20F2N2O4. The number of benzene rings is 2. The van der Waals surface area contributed by atoms with Gasteiger partial charge in [-0.15, -0.1) is 0 Å². The summed E-state index contributed by atoms with van der Waals surface area (Å²) >= 11 is 0. The highest BCUT2D eigenvalue weighted by Crippen LogP contribution is 2.23. The van der Waals surface area contributed by atoms with Crippen molar-refractivity contribution < 1.29 is 28.2 Å². The van der Waals surface area contributed by atoms with E-state index in [1.807, 2.05) is 0 Å². The van der Waals surface area contributed by atoms with Crippen molar-refractivity contribution in [1.29, 1.82) is 0 Å². The number of rotatable bonds is 8. The first-order valence-corrected chi connectivity index (χ1v) is 8.17. The van der Waals surface area contributed by atoms with Crippen LogP contribution in [0, 0.1) is 0 Å². The standard InChI is InChI=1S/C19H20F2N2O4/c20-19(21,17(22)25)16(24)15(11-13-7-3-1-4-8-13)23-18(26)27-12-14-9-5-2-6-10-14/h1-10,15-16,24H,11-12H2,(H2,22,25)(H,23,26). The number of amides is 2. The van der Waals surface area contributed by atoms with Crippen LogP contribution in [-0.4, -0.2) is 35.2 Å². The number of ether oxygens (including phenoxy) is 1. The Labute approximate surface area is 154 Å². The molecule has 4 N–H and O–H groups in total. The van der Waals surface area contributed by atoms with Crippen molar-refractivity contribution in [3.05, 3.63) is 71.8 Å². The summed E-state index contributed by atoms with van der Waals surface area (Å²) in [5, 5.41) is 12.2. The normalized spacial score (nSPS) is 13.4. The fourth-order valence-corrected chi connectivity index (χ4v) is 2.42. The lowest BCUT2D eigenvalue weighted by Crippen LogP contribution is -2.57. The first-order chi connectivity index (χ1) is 12.8. The average molecular weight is 378 g/mol. The van der Waals surface area contributed by atoms with Crippen molar-refractivity contribution in [1.82, 2.24) is 5.32 Å². The molecule has 0 aromatic heterocycles. The van der Waals surface area contributed by atoms with E-state index in [0.717, 1.165) is 0 Å². The third kappa shape index (κ3) is 5.75. The van der Waals surface area contributed by atoms with E-state index in [9.17, 15) is 23.5 Å². The molecule has 0 fully saturated rings. The summed E-state index contributed by atoms with van der Waals surface area (Å²) in [6.07, 6.45) is -3.66. The van der Waals surface area contributed by atoms with Gasteiger partial charge in [0.15, 0.2) is 0 Å². The van der Waals surface area contributed by atoms with Gasteiger partial charge < -0.3 is 20.9 Å². The molecule has 0 aliphatic carbocycles. The molecule has 2 unspecified atom stereocenters. The Balaban J connectivity index is 2.08. The summed E-state index contributed by atoms with van der Waals surface area (Å²) in [5.41, 5.74) is 5.95. The van der Waals surface area contributed by atoms with Crippen LogP contribution in [0.5, 0.6) is 0 Å². The summed E-state index contributed by atoms with van der Waals surface area (Å²) in [6, 6.07) is 15.6. The summed E-state index contributed by atoms with van der Waals surface area (Å²) < 4.78 is 32.8. The van der Waals surface area contributed by atoms with Crippen LogP contribution in [-0.2, 0) is 22.6 Å². The largest absolute Gasteiger partial charge is 0.445 e. The van der Waals surface area contributed by atoms with E-state index < -0.39 is 30.1 Å². The Kier molecular flexibility index (Phi) is 6.84. The van der Waals surface area contributed by atoms with E-state index in [-0.39, 0.29) is 13.0 Å². The predicted molar refractivity (Wildman–Crippen MR) is 93.8 cm³/mol. The van der Waals surface area contributed by atoms with Gasteiger partial charge >= 0.3 is 12.0 Å². The van der Waals surface area contributed by atoms with Gasteiger partial charge in [0.2, 0.25) is 0 Å². The quantitative estimate of drug-likeness (QED) is 0.654. The molecule has 0 bridgehead atoms. The van der Waals surface area contributed by atoms with E-state index >= 15 is 0 Å². The highest BCUT2D eigenvalue weighted by Gasteiger charge is 2.49. The molecule has 27 heavy (non-hydrogen) atoms. The minimum absolute atomic E-state index is 0.0764. The monoisotopic (exact) mass is 378 g/mol. The lowest BCUT2D eigenvalue weighted by atomic mass is 9.97. The molecule has 2 atom stereocenters. The van der Waals surface area contributed by atoms with Gasteiger partial charge in [-0.05, 0) is 17.5 Å². The number of alkyl carbamates (subject to hydrolysis) is 1. The Hall–Kier alpha value is -3.00. The van der Waals surface area contributed by atoms with Crippen LogP contribution < -0.4 is 11.1 Å². The minimum Gasteiger partial charge on any atom is -0.445 e. The molecule has 2 rings (SSSR count). The molecule has 0 heterocycles. The minimum atomic E-state index is -4.22. The van der Waals surface area contributed by atoms with Crippen molar-refractivity contribution in [2.75, 3.05) is 0 Å². The molecular weight excluding hydrogens is 358 g/mol. The fraction of sp³-hybridized carbons (Fsp3) is 0.263. The topological polar surface area (TPSA) is 102 Å². The smallest absolute Gasteiger partial charge is 0.407 e. The van der Waals surface area contributed by atoms with Crippen molar-refractivity contribution in [3.63, 3.8) is 0 Å². The number of carbonyl (C=O) groups excluding carboxylic acids is 2. The zero-order valence-electron chi connectivity index (χ0n) is 14.3. The highest BCUT2D eigenvalue weighted by atomic mass is 19.3. The van der Waals surface area contributed by atoms with Crippen molar-refractivity contribution >= 4 is 12.0 Å². The lowest BCUT2D eigenvalue weighted by molar-refractivity contribution is -0.163. The van der Waals surface area contributed by atoms with Crippen LogP contribution in [0.2, 0.25) is 0 Å². The third-order valence-electron chi connectivity index (χ3n) is 3.90. The maximum Gasteiger partial charge on any atom is 0.407 e. The van der Waals surface area contributed by atoms with Crippen LogP contribution in [0.3, 0.4) is 0 Å². The Morgan fingerprint density at radius 3 is 2.07 bits per heavy atom. The van der Waals surface area contributed by atoms with E-state index in [2.05, 4.69) is 11.1 Å². The molecule has 0 saturated carbocycles. The summed E-state index contributed by atoms with van der Waals surface area (Å²) in [7, 11) is 0. The maximum atomic E-state index is 13.9. The first-order valence-electron chi connectivity index (χ1n) is 8.17. The van der Waals surface area contributed by atoms with Gasteiger partial charge in [-0.25, -0.2) is 4.79 Å². The van der Waals surface area contributed by atoms with Gasteiger partial charge in [-0.2, -0.15) is 8.78 Å². The number of alkyl halides is 2. The van der Waals surface area contributed by atoms with Gasteiger partial charge in [0, 0.05) is 0 Å². The van der Waals surface area contributed by atoms with E-state index in [0.29, 0.717) is 11.1 Å². The van der Waals surface area contributed by atoms with Crippen LogP contribution in [0.1, 0.15) is 11.1 Å². The Morgan fingerprint density at radius 1 is 1.04 bits per heavy atom. The number of nitrogens with one attached hydrogen (secondary N) is 1.